The molecule has 0 spiro atoms. The number of nitrogens with one attached hydrogen (secondary N) is 2. The number of carbonyl (C=O) groups excluding carboxylic acids is 2. The third-order valence-electron chi connectivity index (χ3n) is 3.07. The maximum absolute atomic E-state index is 11.9. The van der Waals surface area contributed by atoms with Crippen LogP contribution in [-0.4, -0.2) is 38.5 Å². The van der Waals surface area contributed by atoms with E-state index in [0.29, 0.717) is 17.5 Å². The lowest BCUT2D eigenvalue weighted by molar-refractivity contribution is -0.117. The van der Waals surface area contributed by atoms with Gasteiger partial charge in [0.15, 0.2) is 11.0 Å². The number of aromatic nitrogens is 3. The number of benzene rings is 1. The summed E-state index contributed by atoms with van der Waals surface area (Å²) in [4.78, 5) is 23.4. The van der Waals surface area contributed by atoms with Crippen LogP contribution in [0.25, 0.3) is 11.4 Å². The minimum atomic E-state index is -0.502. The number of allylic oxidation sites excluding steroid dienone is 1. The van der Waals surface area contributed by atoms with Crippen LogP contribution in [-0.2, 0) is 11.3 Å². The molecular weight excluding hydrogens is 338 g/mol. The van der Waals surface area contributed by atoms with Crippen LogP contribution in [0.2, 0.25) is 0 Å². The number of amides is 3. The van der Waals surface area contributed by atoms with Gasteiger partial charge in [0.1, 0.15) is 0 Å². The first-order valence-electron chi connectivity index (χ1n) is 7.84. The van der Waals surface area contributed by atoms with E-state index < -0.39 is 11.9 Å². The van der Waals surface area contributed by atoms with Crippen LogP contribution in [0.3, 0.4) is 0 Å². The maximum Gasteiger partial charge on any atom is 0.321 e. The highest BCUT2D eigenvalue weighted by Crippen LogP contribution is 2.23. The van der Waals surface area contributed by atoms with Crippen LogP contribution >= 0.6 is 11.8 Å². The number of rotatable bonds is 7. The van der Waals surface area contributed by atoms with Crippen molar-refractivity contribution in [1.29, 1.82) is 0 Å². The van der Waals surface area contributed by atoms with Crippen LogP contribution in [0.4, 0.5) is 4.79 Å². The molecule has 0 radical (unpaired) electrons. The monoisotopic (exact) mass is 359 g/mol. The second kappa shape index (κ2) is 9.03. The van der Waals surface area contributed by atoms with E-state index in [4.69, 9.17) is 0 Å². The van der Waals surface area contributed by atoms with Crippen LogP contribution in [0.5, 0.6) is 0 Å². The van der Waals surface area contributed by atoms with Crippen molar-refractivity contribution >= 4 is 23.7 Å². The molecule has 1 heterocycles. The molecule has 0 aliphatic heterocycles. The second-order valence-electron chi connectivity index (χ2n) is 5.54. The molecule has 0 bridgehead atoms. The summed E-state index contributed by atoms with van der Waals surface area (Å²) >= 11 is 1.22. The molecule has 1 aromatic heterocycles. The summed E-state index contributed by atoms with van der Waals surface area (Å²) in [6.07, 6.45) is 1.75. The Bertz CT molecular complexity index is 743. The number of hydrogen-bond acceptors (Lipinski definition) is 5. The quantitative estimate of drug-likeness (QED) is 0.585. The molecule has 0 atom stereocenters. The van der Waals surface area contributed by atoms with Crippen molar-refractivity contribution in [3.63, 3.8) is 0 Å². The minimum Gasteiger partial charge on any atom is -0.336 e. The van der Waals surface area contributed by atoms with Crippen LogP contribution < -0.4 is 10.6 Å². The topological polar surface area (TPSA) is 88.9 Å². The van der Waals surface area contributed by atoms with Crippen LogP contribution in [0.15, 0.2) is 48.1 Å². The fourth-order valence-electron chi connectivity index (χ4n) is 2.08. The molecule has 0 saturated heterocycles. The molecule has 2 aromatic rings. The van der Waals surface area contributed by atoms with Crippen molar-refractivity contribution in [2.75, 3.05) is 5.75 Å². The highest BCUT2D eigenvalue weighted by Gasteiger charge is 2.15. The number of imide groups is 1. The lowest BCUT2D eigenvalue weighted by atomic mass is 10.2. The van der Waals surface area contributed by atoms with E-state index in [1.54, 1.807) is 6.08 Å². The van der Waals surface area contributed by atoms with E-state index in [2.05, 4.69) is 27.4 Å². The largest absolute Gasteiger partial charge is 0.336 e. The van der Waals surface area contributed by atoms with Gasteiger partial charge in [0.05, 0.1) is 5.75 Å². The zero-order chi connectivity index (χ0) is 18.2. The Kier molecular flexibility index (Phi) is 6.76. The maximum atomic E-state index is 11.9. The van der Waals surface area contributed by atoms with Crippen molar-refractivity contribution in [3.05, 3.63) is 43.0 Å². The predicted molar refractivity (Wildman–Crippen MR) is 98.2 cm³/mol. The van der Waals surface area contributed by atoms with E-state index in [1.165, 1.54) is 11.8 Å². The van der Waals surface area contributed by atoms with Gasteiger partial charge < -0.3 is 5.32 Å². The third kappa shape index (κ3) is 5.46. The van der Waals surface area contributed by atoms with E-state index in [9.17, 15) is 9.59 Å². The van der Waals surface area contributed by atoms with Crippen molar-refractivity contribution in [3.8, 4) is 11.4 Å². The molecule has 132 valence electrons. The molecular formula is C17H21N5O2S. The number of nitrogens with zero attached hydrogens (tertiary/aromatic N) is 3. The first-order chi connectivity index (χ1) is 12.0. The number of hydrogen-bond donors (Lipinski definition) is 2. The molecule has 8 heteroatoms. The van der Waals surface area contributed by atoms with Crippen molar-refractivity contribution in [1.82, 2.24) is 25.4 Å². The summed E-state index contributed by atoms with van der Waals surface area (Å²) in [5.74, 6) is 0.383. The summed E-state index contributed by atoms with van der Waals surface area (Å²) in [5, 5.41) is 13.9. The van der Waals surface area contributed by atoms with Gasteiger partial charge in [-0.15, -0.1) is 16.8 Å². The molecule has 2 N–H and O–H groups in total. The number of thioether (sulfide) groups is 1. The smallest absolute Gasteiger partial charge is 0.321 e. The lowest BCUT2D eigenvalue weighted by Crippen LogP contribution is -2.43. The van der Waals surface area contributed by atoms with Gasteiger partial charge in [-0.25, -0.2) is 4.79 Å². The Morgan fingerprint density at radius 3 is 2.64 bits per heavy atom. The lowest BCUT2D eigenvalue weighted by Gasteiger charge is -2.09. The standard InChI is InChI=1S/C17H21N5O2S/c1-4-10-22-15(13-8-6-5-7-9-13)20-21-17(22)25-11-14(23)19-16(24)18-12(2)3/h4-9,12H,1,10-11H2,2-3H3,(H2,18,19,23,24). The predicted octanol–water partition coefficient (Wildman–Crippen LogP) is 2.46. The van der Waals surface area contributed by atoms with Gasteiger partial charge in [-0.05, 0) is 13.8 Å². The van der Waals surface area contributed by atoms with Gasteiger partial charge in [0.25, 0.3) is 0 Å². The van der Waals surface area contributed by atoms with E-state index in [0.717, 1.165) is 5.56 Å². The van der Waals surface area contributed by atoms with Crippen molar-refractivity contribution < 1.29 is 9.59 Å². The molecule has 25 heavy (non-hydrogen) atoms. The van der Waals surface area contributed by atoms with Gasteiger partial charge >= 0.3 is 6.03 Å². The molecule has 0 unspecified atom stereocenters. The zero-order valence-electron chi connectivity index (χ0n) is 14.2. The van der Waals surface area contributed by atoms with Gasteiger partial charge in [-0.2, -0.15) is 0 Å². The van der Waals surface area contributed by atoms with Crippen molar-refractivity contribution in [2.24, 2.45) is 0 Å². The van der Waals surface area contributed by atoms with Crippen molar-refractivity contribution in [2.45, 2.75) is 31.6 Å². The van der Waals surface area contributed by atoms with E-state index >= 15 is 0 Å². The highest BCUT2D eigenvalue weighted by molar-refractivity contribution is 7.99. The molecule has 2 rings (SSSR count). The molecule has 0 saturated carbocycles. The minimum absolute atomic E-state index is 0.0374. The Labute approximate surface area is 150 Å². The SMILES string of the molecule is C=CCn1c(SCC(=O)NC(=O)NC(C)C)nnc1-c1ccccc1. The summed E-state index contributed by atoms with van der Waals surface area (Å²) in [5.41, 5.74) is 0.935. The highest BCUT2D eigenvalue weighted by atomic mass is 32.2. The first-order valence-corrected chi connectivity index (χ1v) is 8.82. The number of urea groups is 1. The Hall–Kier alpha value is -2.61. The van der Waals surface area contributed by atoms with Gasteiger partial charge in [-0.3, -0.25) is 14.7 Å². The Morgan fingerprint density at radius 1 is 1.28 bits per heavy atom. The van der Waals surface area contributed by atoms with Gasteiger partial charge in [-0.1, -0.05) is 48.2 Å². The average Bonchev–Trinajstić information content (AvgIpc) is 2.96. The molecule has 7 nitrogen and oxygen atoms in total. The second-order valence-corrected chi connectivity index (χ2v) is 6.48. The zero-order valence-corrected chi connectivity index (χ0v) is 15.0. The summed E-state index contributed by atoms with van der Waals surface area (Å²) in [6, 6.07) is 9.14. The third-order valence-corrected chi connectivity index (χ3v) is 4.03. The molecule has 0 fully saturated rings. The number of carbonyl (C=O) groups is 2. The van der Waals surface area contributed by atoms with E-state index in [1.807, 2.05) is 48.7 Å². The fourth-order valence-corrected chi connectivity index (χ4v) is 2.83. The average molecular weight is 359 g/mol. The molecule has 3 amide bonds. The van der Waals surface area contributed by atoms with E-state index in [-0.39, 0.29) is 11.8 Å². The Balaban J connectivity index is 2.05. The Morgan fingerprint density at radius 2 is 2.00 bits per heavy atom. The molecule has 0 aliphatic carbocycles. The molecule has 1 aromatic carbocycles. The summed E-state index contributed by atoms with van der Waals surface area (Å²) < 4.78 is 1.88. The molecule has 0 aliphatic rings. The first kappa shape index (κ1) is 18.7. The van der Waals surface area contributed by atoms with Crippen LogP contribution in [0.1, 0.15) is 13.8 Å². The normalized spacial score (nSPS) is 10.5. The summed E-state index contributed by atoms with van der Waals surface area (Å²) in [6.45, 7) is 7.92. The van der Waals surface area contributed by atoms with Crippen LogP contribution in [0, 0.1) is 0 Å². The van der Waals surface area contributed by atoms with Gasteiger partial charge in [0.2, 0.25) is 5.91 Å². The van der Waals surface area contributed by atoms with Gasteiger partial charge in [0, 0.05) is 18.2 Å². The summed E-state index contributed by atoms with van der Waals surface area (Å²) in [7, 11) is 0. The fraction of sp³-hybridized carbons (Fsp3) is 0.294.